The number of hydrogen-bond acceptors (Lipinski definition) is 19. The van der Waals surface area contributed by atoms with E-state index in [1.54, 1.807) is 72.8 Å². The molecular formula is C81H78N6O17S5. The number of nitrogens with zero attached hydrogens (tertiary/aromatic N) is 6. The molecule has 0 atom stereocenters. The number of aliphatic carboxylic acids is 3. The zero-order valence-corrected chi connectivity index (χ0v) is 63.5. The number of fused-ring (bicyclic) bond motifs is 4. The Hall–Kier alpha value is -9.87. The van der Waals surface area contributed by atoms with Gasteiger partial charge in [-0.3, -0.25) is 91.6 Å². The summed E-state index contributed by atoms with van der Waals surface area (Å²) < 4.78 is 0.665. The molecule has 2 aliphatic carbocycles. The average Bonchev–Trinajstić information content (AvgIpc) is 1.62. The number of Topliss-reactive ketones (excluding diaryl/α,β-unsaturated/α-hetero) is 2. The highest BCUT2D eigenvalue weighted by Gasteiger charge is 2.47. The van der Waals surface area contributed by atoms with Gasteiger partial charge in [-0.25, -0.2) is 0 Å². The van der Waals surface area contributed by atoms with Crippen LogP contribution in [0.15, 0.2) is 147 Å². The molecule has 6 fully saturated rings. The number of carbonyl (C=O) groups is 14. The molecule has 0 bridgehead atoms. The Kier molecular flexibility index (Phi) is 25.7. The van der Waals surface area contributed by atoms with Gasteiger partial charge in [0.15, 0.2) is 11.6 Å². The number of carboxylic acid groups (broad SMARTS) is 3. The predicted molar refractivity (Wildman–Crippen MR) is 423 cm³/mol. The molecule has 4 saturated heterocycles. The highest BCUT2D eigenvalue weighted by Crippen LogP contribution is 2.49. The van der Waals surface area contributed by atoms with Crippen molar-refractivity contribution in [2.45, 2.75) is 128 Å². The highest BCUT2D eigenvalue weighted by atomic mass is 32.2. The summed E-state index contributed by atoms with van der Waals surface area (Å²) in [6, 6.07) is 37.9. The molecule has 28 heteroatoms. The minimum atomic E-state index is -1.16. The number of ketones is 2. The number of thiocarbonyl (C=S) groups is 1. The lowest BCUT2D eigenvalue weighted by molar-refractivity contribution is -0.137. The van der Waals surface area contributed by atoms with E-state index < -0.39 is 72.3 Å². The average molecular weight is 1570 g/mol. The number of amides is 8. The summed E-state index contributed by atoms with van der Waals surface area (Å²) in [5, 5.41) is 26.2. The van der Waals surface area contributed by atoms with Gasteiger partial charge in [-0.05, 0) is 115 Å². The predicted octanol–water partition coefficient (Wildman–Crippen LogP) is 14.0. The van der Waals surface area contributed by atoms with Gasteiger partial charge in [0, 0.05) is 41.9 Å². The van der Waals surface area contributed by atoms with Crippen LogP contribution in [0.25, 0.3) is 22.3 Å². The summed E-state index contributed by atoms with van der Waals surface area (Å²) in [5.41, 5.74) is 6.74. The smallest absolute Gasteiger partial charge is 0.323 e. The van der Waals surface area contributed by atoms with Crippen LogP contribution in [0.2, 0.25) is 0 Å². The molecule has 10 aliphatic rings. The van der Waals surface area contributed by atoms with Crippen molar-refractivity contribution in [3.63, 3.8) is 0 Å². The fourth-order valence-corrected chi connectivity index (χ4v) is 19.4. The van der Waals surface area contributed by atoms with Crippen molar-refractivity contribution in [3.8, 4) is 0 Å². The molecule has 15 rings (SSSR count). The van der Waals surface area contributed by atoms with Gasteiger partial charge in [0.25, 0.3) is 45.9 Å². The van der Waals surface area contributed by atoms with Gasteiger partial charge in [-0.15, -0.1) is 0 Å². The Bertz CT molecular complexity index is 4750. The van der Waals surface area contributed by atoms with Crippen LogP contribution in [-0.2, 0) is 64.0 Å². The monoisotopic (exact) mass is 1570 g/mol. The van der Waals surface area contributed by atoms with Crippen molar-refractivity contribution in [1.29, 1.82) is 0 Å². The van der Waals surface area contributed by atoms with Gasteiger partial charge in [0.1, 0.15) is 19.6 Å². The minimum absolute atomic E-state index is 0.0118. The molecule has 5 aromatic rings. The van der Waals surface area contributed by atoms with Crippen molar-refractivity contribution in [3.05, 3.63) is 175 Å². The van der Waals surface area contributed by atoms with Crippen molar-refractivity contribution in [1.82, 2.24) is 9.80 Å². The number of aryl methyl sites for hydroxylation is 1. The van der Waals surface area contributed by atoms with Crippen molar-refractivity contribution in [2.24, 2.45) is 11.8 Å². The third-order valence-electron chi connectivity index (χ3n) is 20.4. The fraction of sp³-hybridized carbons (Fsp3) is 0.346. The van der Waals surface area contributed by atoms with E-state index in [2.05, 4.69) is 0 Å². The van der Waals surface area contributed by atoms with Crippen molar-refractivity contribution < 1.29 is 82.4 Å². The van der Waals surface area contributed by atoms with Gasteiger partial charge in [0.2, 0.25) is 5.12 Å². The Morgan fingerprint density at radius 1 is 0.358 bits per heavy atom. The molecule has 0 radical (unpaired) electrons. The van der Waals surface area contributed by atoms with E-state index in [0.29, 0.717) is 61.4 Å². The Balaban J connectivity index is 0.000000137. The number of carbonyl (C=O) groups excluding carboxylic acids is 11. The van der Waals surface area contributed by atoms with Crippen molar-refractivity contribution in [2.75, 3.05) is 58.9 Å². The van der Waals surface area contributed by atoms with E-state index in [1.807, 2.05) is 59.5 Å². The number of benzene rings is 5. The van der Waals surface area contributed by atoms with E-state index in [4.69, 9.17) is 22.4 Å². The van der Waals surface area contributed by atoms with Crippen LogP contribution in [0, 0.1) is 11.8 Å². The second kappa shape index (κ2) is 35.7. The highest BCUT2D eigenvalue weighted by molar-refractivity contribution is 8.27. The maximum Gasteiger partial charge on any atom is 0.323 e. The first-order chi connectivity index (χ1) is 52.6. The number of hydrogen-bond donors (Lipinski definition) is 3. The van der Waals surface area contributed by atoms with Crippen molar-refractivity contribution >= 4 is 189 Å². The molecule has 109 heavy (non-hydrogen) atoms. The molecule has 0 aromatic heterocycles. The lowest BCUT2D eigenvalue weighted by Gasteiger charge is -2.23. The Labute approximate surface area is 651 Å². The minimum Gasteiger partial charge on any atom is -0.480 e. The molecular weight excluding hydrogens is 1490 g/mol. The SMILES string of the molecule is O=C(O)CN1C(=O)/C(=C2\SC(=O)CC2=O)c2ccccc21.O=C(O)CN1C(=O)/C(=C2\SC(=O)N(CCCCC3CCCCC3)C2=O)c2ccccc21.O=C(O)CN1C(=O)/C(=C2\SC(=O)N(CCCCc3ccccc3)C2=O)c2ccccc21.O=C1CC(=S)S/C1=C1\C(=O)N(CCCC2CCCCC2)c2ccccc21. The molecule has 2 saturated carbocycles. The van der Waals surface area contributed by atoms with Crippen LogP contribution in [0.3, 0.4) is 0 Å². The third kappa shape index (κ3) is 17.7. The molecule has 23 nitrogen and oxygen atoms in total. The van der Waals surface area contributed by atoms with Gasteiger partial charge >= 0.3 is 17.9 Å². The number of imide groups is 2. The zero-order chi connectivity index (χ0) is 77.2. The standard InChI is InChI=1S/C23H26N2O5S.C23H20N2O5S.C21H23NO2S2.C14H9NO5S/c2*26-18(27)14-25-17-12-5-4-11-16(17)19(21(25)28)20-22(29)24(23(30)31-20)13-7-6-10-15-8-2-1-3-9-15;23-17-13-18(25)26-20(17)19-15-10-4-5-11-16(15)22(21(19)24)12-6-9-14-7-2-1-3-8-14;16-9-5-11(19)21-13(9)12-7-3-1-2-4-8(7)15(14(12)20)6-10(17)18/h4-5,11-12,15H,1-3,6-10,13-14H2,(H,26,27);1-5,8-9,11-12H,6-7,10,13-14H2,(H,26,27);4-5,10-11,14H,1-3,6-9,12-13H2;1-4H,5-6H2,(H,17,18)/b3*20-19-;13-12-. The summed E-state index contributed by atoms with van der Waals surface area (Å²) in [5.74, 6) is -4.92. The largest absolute Gasteiger partial charge is 0.480 e. The summed E-state index contributed by atoms with van der Waals surface area (Å²) >= 11 is 8.78. The van der Waals surface area contributed by atoms with Gasteiger partial charge in [-0.2, -0.15) is 0 Å². The fourth-order valence-electron chi connectivity index (χ4n) is 15.2. The van der Waals surface area contributed by atoms with Crippen LogP contribution in [0.4, 0.5) is 32.3 Å². The summed E-state index contributed by atoms with van der Waals surface area (Å²) in [4.78, 5) is 180. The Morgan fingerprint density at radius 2 is 0.706 bits per heavy atom. The maximum atomic E-state index is 13.1. The topological polar surface area (TPSA) is 319 Å². The molecule has 3 N–H and O–H groups in total. The van der Waals surface area contributed by atoms with Crippen LogP contribution < -0.4 is 19.6 Å². The molecule has 8 heterocycles. The molecule has 0 unspecified atom stereocenters. The number of unbranched alkanes of at least 4 members (excludes halogenated alkanes) is 2. The number of para-hydroxylation sites is 4. The number of allylic oxidation sites excluding steroid dienone is 2. The Morgan fingerprint density at radius 3 is 1.10 bits per heavy atom. The first kappa shape index (κ1) is 78.7. The summed E-state index contributed by atoms with van der Waals surface area (Å²) in [6.45, 7) is -0.134. The summed E-state index contributed by atoms with van der Waals surface area (Å²) in [7, 11) is 0. The van der Waals surface area contributed by atoms with E-state index in [-0.39, 0.29) is 78.6 Å². The number of anilines is 4. The number of carboxylic acids is 3. The summed E-state index contributed by atoms with van der Waals surface area (Å²) in [6.07, 6.45) is 20.7. The van der Waals surface area contributed by atoms with Crippen LogP contribution in [0.1, 0.15) is 150 Å². The second-order valence-corrected chi connectivity index (χ2v) is 32.4. The molecule has 0 spiro atoms. The lowest BCUT2D eigenvalue weighted by atomic mass is 9.86. The van der Waals surface area contributed by atoms with E-state index >= 15 is 0 Å². The van der Waals surface area contributed by atoms with E-state index in [0.717, 1.165) is 118 Å². The van der Waals surface area contributed by atoms with Crippen LogP contribution >= 0.6 is 59.3 Å². The van der Waals surface area contributed by atoms with Crippen LogP contribution in [0.5, 0.6) is 0 Å². The quantitative estimate of drug-likeness (QED) is 0.0282. The molecule has 5 aromatic carbocycles. The second-order valence-electron chi connectivity index (χ2n) is 27.6. The van der Waals surface area contributed by atoms with Gasteiger partial charge < -0.3 is 20.2 Å². The number of thioether (sulfide) groups is 4. The lowest BCUT2D eigenvalue weighted by Crippen LogP contribution is -2.33. The van der Waals surface area contributed by atoms with Crippen LogP contribution in [-0.4, -0.2) is 149 Å². The number of rotatable bonds is 20. The zero-order valence-electron chi connectivity index (χ0n) is 59.4. The first-order valence-electron chi connectivity index (χ1n) is 36.4. The molecule has 564 valence electrons. The third-order valence-corrected chi connectivity index (χ3v) is 24.7. The van der Waals surface area contributed by atoms with Gasteiger partial charge in [0.05, 0.1) is 81.7 Å². The van der Waals surface area contributed by atoms with Gasteiger partial charge in [-0.1, -0.05) is 204 Å². The van der Waals surface area contributed by atoms with E-state index in [9.17, 15) is 72.2 Å². The maximum absolute atomic E-state index is 13.1. The normalized spacial score (nSPS) is 21.1. The molecule has 8 aliphatic heterocycles. The van der Waals surface area contributed by atoms with E-state index in [1.165, 1.54) is 97.8 Å². The molecule has 8 amide bonds. The first-order valence-corrected chi connectivity index (χ1v) is 40.1.